The van der Waals surface area contributed by atoms with E-state index in [1.54, 1.807) is 30.6 Å². The van der Waals surface area contributed by atoms with E-state index in [9.17, 15) is 14.7 Å². The Morgan fingerprint density at radius 1 is 1.17 bits per heavy atom. The number of fused-ring (bicyclic) bond motifs is 1. The van der Waals surface area contributed by atoms with E-state index in [1.165, 1.54) is 22.3 Å². The molecule has 0 radical (unpaired) electrons. The standard InChI is InChI=1S/C27H21N3O4S/c1-2-34-19-11-12-20-22(15-19)35-27(29-20)30-24(18-9-6-14-28-16-18)23(25(32)26(30)33)21(31)13-10-17-7-4-3-5-8-17/h3-16,24,32H,2H2,1H3/b13-10+. The molecule has 1 aliphatic heterocycles. The van der Waals surface area contributed by atoms with Crippen LogP contribution in [0.25, 0.3) is 16.3 Å². The second-order valence-electron chi connectivity index (χ2n) is 7.79. The number of allylic oxidation sites excluding steroid dienone is 1. The maximum Gasteiger partial charge on any atom is 0.296 e. The highest BCUT2D eigenvalue weighted by Crippen LogP contribution is 2.43. The number of ketones is 1. The Balaban J connectivity index is 1.57. The summed E-state index contributed by atoms with van der Waals surface area (Å²) < 4.78 is 6.40. The van der Waals surface area contributed by atoms with Crippen LogP contribution in [0.3, 0.4) is 0 Å². The predicted molar refractivity (Wildman–Crippen MR) is 135 cm³/mol. The lowest BCUT2D eigenvalue weighted by Crippen LogP contribution is -2.30. The zero-order valence-electron chi connectivity index (χ0n) is 18.8. The van der Waals surface area contributed by atoms with Crippen LogP contribution in [0.5, 0.6) is 5.75 Å². The van der Waals surface area contributed by atoms with Gasteiger partial charge < -0.3 is 9.84 Å². The second kappa shape index (κ2) is 9.52. The minimum Gasteiger partial charge on any atom is -0.503 e. The van der Waals surface area contributed by atoms with E-state index in [1.807, 2.05) is 55.5 Å². The first-order chi connectivity index (χ1) is 17.1. The molecule has 1 atom stereocenters. The van der Waals surface area contributed by atoms with E-state index in [2.05, 4.69) is 9.97 Å². The van der Waals surface area contributed by atoms with Crippen molar-refractivity contribution in [3.05, 3.63) is 102 Å². The van der Waals surface area contributed by atoms with Gasteiger partial charge in [-0.15, -0.1) is 0 Å². The van der Waals surface area contributed by atoms with Gasteiger partial charge in [0.2, 0.25) is 0 Å². The van der Waals surface area contributed by atoms with Crippen LogP contribution in [-0.2, 0) is 9.59 Å². The molecule has 35 heavy (non-hydrogen) atoms. The monoisotopic (exact) mass is 483 g/mol. The fourth-order valence-corrected chi connectivity index (χ4v) is 5.01. The number of benzene rings is 2. The third-order valence-corrected chi connectivity index (χ3v) is 6.58. The molecule has 2 aromatic heterocycles. The molecule has 7 nitrogen and oxygen atoms in total. The van der Waals surface area contributed by atoms with Gasteiger partial charge in [0.15, 0.2) is 16.7 Å². The number of aliphatic hydroxyl groups excluding tert-OH is 1. The van der Waals surface area contributed by atoms with E-state index < -0.39 is 23.5 Å². The number of thiazole rings is 1. The first-order valence-corrected chi connectivity index (χ1v) is 11.9. The topological polar surface area (TPSA) is 92.6 Å². The molecule has 2 aromatic carbocycles. The molecule has 4 aromatic rings. The van der Waals surface area contributed by atoms with Crippen LogP contribution in [0.4, 0.5) is 5.13 Å². The fourth-order valence-electron chi connectivity index (χ4n) is 3.99. The van der Waals surface area contributed by atoms with Crippen molar-refractivity contribution < 1.29 is 19.4 Å². The summed E-state index contributed by atoms with van der Waals surface area (Å²) in [7, 11) is 0. The summed E-state index contributed by atoms with van der Waals surface area (Å²) >= 11 is 1.29. The Morgan fingerprint density at radius 2 is 2.00 bits per heavy atom. The maximum absolute atomic E-state index is 13.3. The number of carbonyl (C=O) groups is 2. The lowest BCUT2D eigenvalue weighted by atomic mass is 9.97. The Labute approximate surface area is 205 Å². The molecule has 0 fully saturated rings. The van der Waals surface area contributed by atoms with Crippen molar-refractivity contribution in [1.82, 2.24) is 9.97 Å². The first kappa shape index (κ1) is 22.5. The minimum atomic E-state index is -0.865. The Hall–Kier alpha value is -4.30. The summed E-state index contributed by atoms with van der Waals surface area (Å²) in [5, 5.41) is 11.2. The molecule has 1 unspecified atom stereocenters. The van der Waals surface area contributed by atoms with Crippen LogP contribution in [0.15, 0.2) is 90.5 Å². The quantitative estimate of drug-likeness (QED) is 0.360. The molecule has 5 rings (SSSR count). The van der Waals surface area contributed by atoms with Crippen molar-refractivity contribution in [2.24, 2.45) is 0 Å². The summed E-state index contributed by atoms with van der Waals surface area (Å²) in [5.74, 6) is -1.03. The van der Waals surface area contributed by atoms with Crippen LogP contribution in [-0.4, -0.2) is 33.4 Å². The maximum atomic E-state index is 13.3. The smallest absolute Gasteiger partial charge is 0.296 e. The lowest BCUT2D eigenvalue weighted by Gasteiger charge is -2.23. The molecule has 0 aliphatic carbocycles. The van der Waals surface area contributed by atoms with Gasteiger partial charge in [-0.05, 0) is 48.4 Å². The number of carbonyl (C=O) groups excluding carboxylic acids is 2. The third-order valence-electron chi connectivity index (χ3n) is 5.57. The Kier molecular flexibility index (Phi) is 6.12. The van der Waals surface area contributed by atoms with Gasteiger partial charge in [0.25, 0.3) is 5.91 Å². The van der Waals surface area contributed by atoms with Crippen molar-refractivity contribution in [3.63, 3.8) is 0 Å². The number of ether oxygens (including phenoxy) is 1. The van der Waals surface area contributed by atoms with Gasteiger partial charge in [-0.25, -0.2) is 4.98 Å². The number of rotatable bonds is 7. The van der Waals surface area contributed by atoms with Gasteiger partial charge in [-0.1, -0.05) is 53.8 Å². The highest BCUT2D eigenvalue weighted by Gasteiger charge is 2.45. The summed E-state index contributed by atoms with van der Waals surface area (Å²) in [5.41, 5.74) is 2.10. The molecule has 0 saturated carbocycles. The molecule has 1 amide bonds. The minimum absolute atomic E-state index is 0.00978. The number of aliphatic hydroxyl groups is 1. The molecule has 1 N–H and O–H groups in total. The molecule has 174 valence electrons. The third kappa shape index (κ3) is 4.31. The summed E-state index contributed by atoms with van der Waals surface area (Å²) in [4.78, 5) is 36.7. The van der Waals surface area contributed by atoms with Gasteiger partial charge in [0.05, 0.1) is 28.4 Å². The van der Waals surface area contributed by atoms with E-state index in [4.69, 9.17) is 4.74 Å². The van der Waals surface area contributed by atoms with Crippen LogP contribution in [0.2, 0.25) is 0 Å². The Morgan fingerprint density at radius 3 is 2.74 bits per heavy atom. The van der Waals surface area contributed by atoms with Gasteiger partial charge in [0.1, 0.15) is 5.75 Å². The van der Waals surface area contributed by atoms with Crippen molar-refractivity contribution in [3.8, 4) is 5.75 Å². The molecule has 3 heterocycles. The van der Waals surface area contributed by atoms with Gasteiger partial charge in [0, 0.05) is 12.4 Å². The van der Waals surface area contributed by atoms with Gasteiger partial charge >= 0.3 is 0 Å². The predicted octanol–water partition coefficient (Wildman–Crippen LogP) is 5.27. The van der Waals surface area contributed by atoms with Gasteiger partial charge in [-0.2, -0.15) is 0 Å². The largest absolute Gasteiger partial charge is 0.503 e. The van der Waals surface area contributed by atoms with Crippen LogP contribution >= 0.6 is 11.3 Å². The van der Waals surface area contributed by atoms with Crippen LogP contribution in [0, 0.1) is 0 Å². The van der Waals surface area contributed by atoms with Crippen molar-refractivity contribution in [2.45, 2.75) is 13.0 Å². The van der Waals surface area contributed by atoms with E-state index in [0.717, 1.165) is 10.3 Å². The molecule has 1 aliphatic rings. The highest BCUT2D eigenvalue weighted by molar-refractivity contribution is 7.22. The zero-order valence-corrected chi connectivity index (χ0v) is 19.6. The molecular formula is C27H21N3O4S. The first-order valence-electron chi connectivity index (χ1n) is 11.0. The molecule has 0 spiro atoms. The van der Waals surface area contributed by atoms with Crippen molar-refractivity contribution in [2.75, 3.05) is 11.5 Å². The van der Waals surface area contributed by atoms with Crippen molar-refractivity contribution in [1.29, 1.82) is 0 Å². The number of pyridine rings is 1. The number of nitrogens with zero attached hydrogens (tertiary/aromatic N) is 3. The highest BCUT2D eigenvalue weighted by atomic mass is 32.1. The van der Waals surface area contributed by atoms with E-state index in [0.29, 0.717) is 28.6 Å². The Bertz CT molecular complexity index is 1460. The zero-order chi connectivity index (χ0) is 24.4. The lowest BCUT2D eigenvalue weighted by molar-refractivity contribution is -0.117. The van der Waals surface area contributed by atoms with E-state index in [-0.39, 0.29) is 5.57 Å². The number of anilines is 1. The summed E-state index contributed by atoms with van der Waals surface area (Å²) in [6, 6.07) is 17.5. The van der Waals surface area contributed by atoms with Crippen LogP contribution < -0.4 is 9.64 Å². The molecule has 0 bridgehead atoms. The SMILES string of the molecule is CCOc1ccc2nc(N3C(=O)C(O)=C(C(=O)/C=C/c4ccccc4)C3c3cccnc3)sc2c1. The normalized spacial score (nSPS) is 16.0. The molecular weight excluding hydrogens is 462 g/mol. The van der Waals surface area contributed by atoms with Crippen molar-refractivity contribution >= 4 is 44.5 Å². The number of hydrogen-bond acceptors (Lipinski definition) is 7. The number of hydrogen-bond donors (Lipinski definition) is 1. The second-order valence-corrected chi connectivity index (χ2v) is 8.80. The average Bonchev–Trinajstić information content (AvgIpc) is 3.42. The summed E-state index contributed by atoms with van der Waals surface area (Å²) in [6.07, 6.45) is 6.22. The fraction of sp³-hybridized carbons (Fsp3) is 0.111. The van der Waals surface area contributed by atoms with E-state index >= 15 is 0 Å². The summed E-state index contributed by atoms with van der Waals surface area (Å²) in [6.45, 7) is 2.44. The van der Waals surface area contributed by atoms with Crippen LogP contribution in [0.1, 0.15) is 24.1 Å². The molecule has 0 saturated heterocycles. The number of aromatic nitrogens is 2. The number of amides is 1. The molecule has 8 heteroatoms. The average molecular weight is 484 g/mol. The van der Waals surface area contributed by atoms with Gasteiger partial charge in [-0.3, -0.25) is 19.5 Å².